The summed E-state index contributed by atoms with van der Waals surface area (Å²) in [6.07, 6.45) is -2.85. The third-order valence-electron chi connectivity index (χ3n) is 2.60. The number of methoxy groups -OCH3 is 1. The molecular weight excluding hydrogens is 335 g/mol. The second-order valence-corrected chi connectivity index (χ2v) is 5.15. The monoisotopic (exact) mass is 345 g/mol. The van der Waals surface area contributed by atoms with E-state index in [2.05, 4.69) is 4.98 Å². The van der Waals surface area contributed by atoms with E-state index in [1.54, 1.807) is 12.1 Å². The Morgan fingerprint density at radius 2 is 2.04 bits per heavy atom. The van der Waals surface area contributed by atoms with Crippen LogP contribution in [0.5, 0.6) is 10.9 Å². The van der Waals surface area contributed by atoms with Crippen molar-refractivity contribution in [3.63, 3.8) is 0 Å². The number of para-hydroxylation sites is 1. The molecule has 5 nitrogen and oxygen atoms in total. The zero-order chi connectivity index (χ0) is 17.0. The molecule has 0 atom stereocenters. The lowest BCUT2D eigenvalue weighted by atomic mass is 10.1. The van der Waals surface area contributed by atoms with Crippen LogP contribution in [0.25, 0.3) is 5.57 Å². The minimum atomic E-state index is -4.51. The van der Waals surface area contributed by atoms with Gasteiger partial charge < -0.3 is 14.6 Å². The van der Waals surface area contributed by atoms with E-state index < -0.39 is 17.0 Å². The molecule has 0 aliphatic heterocycles. The van der Waals surface area contributed by atoms with E-state index >= 15 is 0 Å². The summed E-state index contributed by atoms with van der Waals surface area (Å²) >= 11 is 0.320. The number of halogens is 3. The minimum Gasteiger partial charge on any atom is -0.503 e. The van der Waals surface area contributed by atoms with Crippen molar-refractivity contribution in [3.8, 4) is 10.9 Å². The van der Waals surface area contributed by atoms with E-state index in [1.807, 2.05) is 0 Å². The Hall–Kier alpha value is -2.55. The molecule has 0 spiro atoms. The number of hydrogen-bond donors (Lipinski definition) is 1. The Kier molecular flexibility index (Phi) is 4.89. The molecule has 2 rings (SSSR count). The molecule has 0 amide bonds. The molecule has 0 radical (unpaired) electrons. The highest BCUT2D eigenvalue weighted by molar-refractivity contribution is 7.13. The lowest BCUT2D eigenvalue weighted by Gasteiger charge is -2.09. The summed E-state index contributed by atoms with van der Waals surface area (Å²) in [5.41, 5.74) is -0.0405. The number of carbonyl (C=O) groups is 1. The van der Waals surface area contributed by atoms with E-state index in [0.29, 0.717) is 17.5 Å². The van der Waals surface area contributed by atoms with Gasteiger partial charge in [-0.2, -0.15) is 13.2 Å². The van der Waals surface area contributed by atoms with Crippen LogP contribution in [0.2, 0.25) is 0 Å². The van der Waals surface area contributed by atoms with Crippen LogP contribution in [0.1, 0.15) is 10.4 Å². The van der Waals surface area contributed by atoms with E-state index in [1.165, 1.54) is 19.2 Å². The summed E-state index contributed by atoms with van der Waals surface area (Å²) in [7, 11) is 1.28. The molecule has 9 heteroatoms. The first kappa shape index (κ1) is 16.8. The number of ether oxygens (including phenoxy) is 2. The number of benzene rings is 1. The lowest BCUT2D eigenvalue weighted by Crippen LogP contribution is -2.02. The van der Waals surface area contributed by atoms with Gasteiger partial charge in [-0.3, -0.25) is 0 Å². The fraction of sp³-hybridized carbons (Fsp3) is 0.143. The predicted octanol–water partition coefficient (Wildman–Crippen LogP) is 4.03. The van der Waals surface area contributed by atoms with E-state index in [0.717, 1.165) is 6.26 Å². The lowest BCUT2D eigenvalue weighted by molar-refractivity contribution is -0.134. The number of carboxylic acids is 1. The molecule has 0 bridgehead atoms. The fourth-order valence-corrected chi connectivity index (χ4v) is 2.30. The molecule has 1 aromatic heterocycles. The molecule has 1 heterocycles. The normalized spacial score (nSPS) is 12.1. The first-order chi connectivity index (χ1) is 10.8. The Morgan fingerprint density at radius 1 is 1.35 bits per heavy atom. The largest absolute Gasteiger partial charge is 0.503 e. The van der Waals surface area contributed by atoms with E-state index in [-0.39, 0.29) is 22.1 Å². The molecule has 1 N–H and O–H groups in total. The van der Waals surface area contributed by atoms with Gasteiger partial charge >= 0.3 is 12.1 Å². The number of thiazole rings is 1. The number of carboxylic acid groups (broad SMARTS) is 1. The molecule has 0 unspecified atom stereocenters. The second kappa shape index (κ2) is 6.69. The predicted molar refractivity (Wildman–Crippen MR) is 76.3 cm³/mol. The van der Waals surface area contributed by atoms with Crippen molar-refractivity contribution in [3.05, 3.63) is 47.2 Å². The van der Waals surface area contributed by atoms with Crippen molar-refractivity contribution in [1.29, 1.82) is 0 Å². The standard InChI is InChI=1S/C14H10F3NO4S/c1-21-7-9(12(19)20)8-4-2-3-5-10(8)22-13-18-6-11(23-13)14(15,16)17/h2-7H,1H3,(H,19,20). The molecule has 0 fully saturated rings. The molecule has 122 valence electrons. The summed E-state index contributed by atoms with van der Waals surface area (Å²) in [6, 6.07) is 6.00. The first-order valence-electron chi connectivity index (χ1n) is 6.09. The Bertz CT molecular complexity index is 740. The summed E-state index contributed by atoms with van der Waals surface area (Å²) in [5.74, 6) is -1.21. The molecule has 23 heavy (non-hydrogen) atoms. The van der Waals surface area contributed by atoms with Gasteiger partial charge in [0, 0.05) is 5.56 Å². The fourth-order valence-electron chi connectivity index (χ4n) is 1.66. The van der Waals surface area contributed by atoms with Gasteiger partial charge in [0.25, 0.3) is 5.19 Å². The van der Waals surface area contributed by atoms with Crippen LogP contribution in [0, 0.1) is 0 Å². The highest BCUT2D eigenvalue weighted by Crippen LogP contribution is 2.38. The van der Waals surface area contributed by atoms with Crippen molar-refractivity contribution in [2.75, 3.05) is 7.11 Å². The van der Waals surface area contributed by atoms with Gasteiger partial charge in [0.1, 0.15) is 16.2 Å². The zero-order valence-electron chi connectivity index (χ0n) is 11.6. The Morgan fingerprint density at radius 3 is 2.61 bits per heavy atom. The molecule has 0 aliphatic carbocycles. The van der Waals surface area contributed by atoms with Crippen molar-refractivity contribution in [2.24, 2.45) is 0 Å². The number of hydrogen-bond acceptors (Lipinski definition) is 5. The van der Waals surface area contributed by atoms with Crippen LogP contribution in [-0.4, -0.2) is 23.2 Å². The second-order valence-electron chi connectivity index (χ2n) is 4.16. The van der Waals surface area contributed by atoms with Gasteiger partial charge in [-0.1, -0.05) is 29.5 Å². The molecule has 2 aromatic rings. The van der Waals surface area contributed by atoms with Crippen molar-refractivity contribution >= 4 is 22.9 Å². The van der Waals surface area contributed by atoms with Crippen molar-refractivity contribution < 1.29 is 32.5 Å². The SMILES string of the molecule is COC=C(C(=O)O)c1ccccc1Oc1ncc(C(F)(F)F)s1. The third-order valence-corrected chi connectivity index (χ3v) is 3.52. The maximum Gasteiger partial charge on any atom is 0.427 e. The first-order valence-corrected chi connectivity index (χ1v) is 6.91. The highest BCUT2D eigenvalue weighted by Gasteiger charge is 2.33. The molecule has 0 aliphatic rings. The third kappa shape index (κ3) is 4.01. The number of alkyl halides is 3. The topological polar surface area (TPSA) is 68.7 Å². The number of nitrogens with zero attached hydrogens (tertiary/aromatic N) is 1. The van der Waals surface area contributed by atoms with Gasteiger partial charge in [0.15, 0.2) is 0 Å². The quantitative estimate of drug-likeness (QED) is 0.655. The van der Waals surface area contributed by atoms with Crippen LogP contribution in [-0.2, 0) is 15.7 Å². The average Bonchev–Trinajstić information content (AvgIpc) is 2.94. The zero-order valence-corrected chi connectivity index (χ0v) is 12.4. The number of aromatic nitrogens is 1. The Balaban J connectivity index is 2.36. The highest BCUT2D eigenvalue weighted by atomic mass is 32.1. The van der Waals surface area contributed by atoms with Crippen LogP contribution in [0.3, 0.4) is 0 Å². The van der Waals surface area contributed by atoms with E-state index in [9.17, 15) is 23.1 Å². The van der Waals surface area contributed by atoms with Crippen LogP contribution in [0.4, 0.5) is 13.2 Å². The van der Waals surface area contributed by atoms with Gasteiger partial charge in [-0.15, -0.1) is 0 Å². The Labute approximate surface area is 132 Å². The molecular formula is C14H10F3NO4S. The smallest absolute Gasteiger partial charge is 0.427 e. The summed E-state index contributed by atoms with van der Waals surface area (Å²) in [4.78, 5) is 13.9. The number of rotatable bonds is 5. The molecule has 1 aromatic carbocycles. The van der Waals surface area contributed by atoms with Gasteiger partial charge in [-0.05, 0) is 6.07 Å². The van der Waals surface area contributed by atoms with Crippen molar-refractivity contribution in [2.45, 2.75) is 6.18 Å². The maximum atomic E-state index is 12.6. The van der Waals surface area contributed by atoms with Crippen molar-refractivity contribution in [1.82, 2.24) is 4.98 Å². The van der Waals surface area contributed by atoms with E-state index in [4.69, 9.17) is 9.47 Å². The average molecular weight is 345 g/mol. The van der Waals surface area contributed by atoms with Crippen LogP contribution in [0.15, 0.2) is 36.7 Å². The summed E-state index contributed by atoms with van der Waals surface area (Å²) in [5, 5.41) is 8.95. The van der Waals surface area contributed by atoms with Crippen LogP contribution < -0.4 is 4.74 Å². The maximum absolute atomic E-state index is 12.6. The van der Waals surface area contributed by atoms with Gasteiger partial charge in [0.05, 0.1) is 19.6 Å². The summed E-state index contributed by atoms with van der Waals surface area (Å²) in [6.45, 7) is 0. The number of aliphatic carboxylic acids is 1. The summed E-state index contributed by atoms with van der Waals surface area (Å²) < 4.78 is 47.7. The molecule has 0 saturated carbocycles. The minimum absolute atomic E-state index is 0.0567. The van der Waals surface area contributed by atoms with Gasteiger partial charge in [0.2, 0.25) is 0 Å². The van der Waals surface area contributed by atoms with Gasteiger partial charge in [-0.25, -0.2) is 9.78 Å². The van der Waals surface area contributed by atoms with Crippen LogP contribution >= 0.6 is 11.3 Å². The molecule has 0 saturated heterocycles.